The van der Waals surface area contributed by atoms with Gasteiger partial charge in [-0.25, -0.2) is 16.8 Å². The number of rotatable bonds is 5. The van der Waals surface area contributed by atoms with Gasteiger partial charge >= 0.3 is 4.77 Å². The zero-order chi connectivity index (χ0) is 13.1. The Morgan fingerprint density at radius 2 is 1.65 bits per heavy atom. The molecule has 0 saturated carbocycles. The average Bonchev–Trinajstić information content (AvgIpc) is 2.25. The van der Waals surface area contributed by atoms with Crippen LogP contribution in [-0.4, -0.2) is 28.8 Å². The molecule has 0 amide bonds. The summed E-state index contributed by atoms with van der Waals surface area (Å²) < 4.78 is 50.1. The Bertz CT molecular complexity index is 560. The summed E-state index contributed by atoms with van der Waals surface area (Å²) in [4.78, 5) is 0. The van der Waals surface area contributed by atoms with E-state index in [-0.39, 0.29) is 11.5 Å². The van der Waals surface area contributed by atoms with E-state index in [1.807, 2.05) is 0 Å². The molecule has 0 saturated heterocycles. The highest BCUT2D eigenvalue weighted by Crippen LogP contribution is 2.23. The van der Waals surface area contributed by atoms with Gasteiger partial charge in [0.25, 0.3) is 0 Å². The smallest absolute Gasteiger partial charge is 0.377 e. The molecule has 0 aliphatic rings. The summed E-state index contributed by atoms with van der Waals surface area (Å²) in [6.45, 7) is 1.36. The van der Waals surface area contributed by atoms with Crippen LogP contribution >= 0.6 is 0 Å². The fraction of sp³-hybridized carbons (Fsp3) is 0.300. The standard InChI is InChI=1S/C10H13O5S2/c1-3-17(13,14)10(16(2,11)12)15-9-7-5-4-6-8-9/h4-8H,3H2,1-2H3. The van der Waals surface area contributed by atoms with E-state index in [1.165, 1.54) is 19.1 Å². The lowest BCUT2D eigenvalue weighted by Gasteiger charge is -2.14. The van der Waals surface area contributed by atoms with Crippen molar-refractivity contribution in [3.05, 3.63) is 35.1 Å². The molecular formula is C10H13O5S2. The quantitative estimate of drug-likeness (QED) is 0.802. The van der Waals surface area contributed by atoms with Crippen molar-refractivity contribution in [1.82, 2.24) is 0 Å². The molecule has 0 atom stereocenters. The number of benzene rings is 1. The van der Waals surface area contributed by atoms with Gasteiger partial charge in [0.1, 0.15) is 5.75 Å². The first kappa shape index (κ1) is 14.0. The predicted octanol–water partition coefficient (Wildman–Crippen LogP) is 0.992. The van der Waals surface area contributed by atoms with E-state index < -0.39 is 24.4 Å². The van der Waals surface area contributed by atoms with Crippen LogP contribution in [0.1, 0.15) is 6.92 Å². The summed E-state index contributed by atoms with van der Waals surface area (Å²) in [6.07, 6.45) is 0.804. The Kier molecular flexibility index (Phi) is 4.16. The lowest BCUT2D eigenvalue weighted by atomic mass is 10.3. The lowest BCUT2D eigenvalue weighted by Crippen LogP contribution is -2.28. The molecule has 0 fully saturated rings. The second-order valence-electron chi connectivity index (χ2n) is 3.34. The Balaban J connectivity index is 3.12. The number of hydrogen-bond donors (Lipinski definition) is 0. The molecule has 7 heteroatoms. The predicted molar refractivity (Wildman–Crippen MR) is 64.6 cm³/mol. The lowest BCUT2D eigenvalue weighted by molar-refractivity contribution is 0.409. The van der Waals surface area contributed by atoms with Crippen LogP contribution in [0.15, 0.2) is 30.3 Å². The fourth-order valence-corrected chi connectivity index (χ4v) is 3.98. The topological polar surface area (TPSA) is 77.5 Å². The van der Waals surface area contributed by atoms with Crippen molar-refractivity contribution in [2.45, 2.75) is 6.92 Å². The average molecular weight is 277 g/mol. The molecule has 0 bridgehead atoms. The molecule has 95 valence electrons. The molecule has 1 aromatic carbocycles. The van der Waals surface area contributed by atoms with Gasteiger partial charge in [-0.2, -0.15) is 0 Å². The van der Waals surface area contributed by atoms with Gasteiger partial charge in [0, 0.05) is 6.26 Å². The first-order valence-corrected chi connectivity index (χ1v) is 8.34. The van der Waals surface area contributed by atoms with Crippen molar-refractivity contribution in [3.63, 3.8) is 0 Å². The van der Waals surface area contributed by atoms with Crippen LogP contribution in [0.2, 0.25) is 0 Å². The third-order valence-corrected chi connectivity index (χ3v) is 5.59. The number of hydrogen-bond acceptors (Lipinski definition) is 5. The summed E-state index contributed by atoms with van der Waals surface area (Å²) >= 11 is 0. The molecule has 0 aliphatic heterocycles. The minimum Gasteiger partial charge on any atom is -0.453 e. The summed E-state index contributed by atoms with van der Waals surface area (Å²) in [5.74, 6) is -0.160. The third-order valence-electron chi connectivity index (χ3n) is 1.88. The van der Waals surface area contributed by atoms with Crippen molar-refractivity contribution < 1.29 is 21.6 Å². The van der Waals surface area contributed by atoms with Gasteiger partial charge < -0.3 is 4.74 Å². The number of ether oxygens (including phenoxy) is 1. The monoisotopic (exact) mass is 277 g/mol. The highest BCUT2D eigenvalue weighted by Gasteiger charge is 2.38. The molecule has 0 spiro atoms. The van der Waals surface area contributed by atoms with E-state index in [0.29, 0.717) is 0 Å². The molecule has 0 unspecified atom stereocenters. The Hall–Kier alpha value is -1.08. The van der Waals surface area contributed by atoms with E-state index in [1.54, 1.807) is 18.2 Å². The van der Waals surface area contributed by atoms with Crippen molar-refractivity contribution >= 4 is 19.7 Å². The Morgan fingerprint density at radius 3 is 2.06 bits per heavy atom. The van der Waals surface area contributed by atoms with E-state index >= 15 is 0 Å². The zero-order valence-corrected chi connectivity index (χ0v) is 11.1. The summed E-state index contributed by atoms with van der Waals surface area (Å²) in [5.41, 5.74) is 0. The molecule has 0 aromatic heterocycles. The minimum absolute atomic E-state index is 0.171. The molecule has 0 heterocycles. The molecule has 17 heavy (non-hydrogen) atoms. The Labute approximate surface area is 101 Å². The summed E-state index contributed by atoms with van der Waals surface area (Å²) in [6, 6.07) is 7.91. The maximum Gasteiger partial charge on any atom is 0.377 e. The zero-order valence-electron chi connectivity index (χ0n) is 9.45. The number of para-hydroxylation sites is 1. The van der Waals surface area contributed by atoms with Gasteiger partial charge in [-0.15, -0.1) is 0 Å². The van der Waals surface area contributed by atoms with E-state index in [9.17, 15) is 16.8 Å². The molecule has 0 N–H and O–H groups in total. The summed E-state index contributed by atoms with van der Waals surface area (Å²) in [7, 11) is -7.84. The molecule has 1 aromatic rings. The first-order chi connectivity index (χ1) is 7.77. The SMILES string of the molecule is CCS(=O)(=O)[C](Oc1ccccc1)S(C)(=O)=O. The van der Waals surface area contributed by atoms with Crippen molar-refractivity contribution in [3.8, 4) is 5.75 Å². The van der Waals surface area contributed by atoms with Crippen LogP contribution in [0.5, 0.6) is 5.75 Å². The molecular weight excluding hydrogens is 264 g/mol. The minimum atomic E-state index is -3.93. The fourth-order valence-electron chi connectivity index (χ4n) is 1.07. The van der Waals surface area contributed by atoms with Gasteiger partial charge in [-0.1, -0.05) is 25.1 Å². The van der Waals surface area contributed by atoms with Crippen LogP contribution in [0.4, 0.5) is 0 Å². The number of sulfone groups is 2. The molecule has 1 rings (SSSR count). The van der Waals surface area contributed by atoms with E-state index in [4.69, 9.17) is 4.74 Å². The molecule has 5 nitrogen and oxygen atoms in total. The van der Waals surface area contributed by atoms with Gasteiger partial charge in [0.15, 0.2) is 0 Å². The Morgan fingerprint density at radius 1 is 1.12 bits per heavy atom. The van der Waals surface area contributed by atoms with Crippen molar-refractivity contribution in [1.29, 1.82) is 0 Å². The summed E-state index contributed by atoms with van der Waals surface area (Å²) in [5, 5.41) is 0. The largest absolute Gasteiger partial charge is 0.453 e. The van der Waals surface area contributed by atoms with Gasteiger partial charge in [0.2, 0.25) is 19.7 Å². The van der Waals surface area contributed by atoms with Crippen LogP contribution in [0.25, 0.3) is 0 Å². The van der Waals surface area contributed by atoms with Crippen LogP contribution in [-0.2, 0) is 19.7 Å². The van der Waals surface area contributed by atoms with Crippen LogP contribution < -0.4 is 4.74 Å². The maximum atomic E-state index is 11.6. The highest BCUT2D eigenvalue weighted by atomic mass is 32.3. The van der Waals surface area contributed by atoms with E-state index in [2.05, 4.69) is 0 Å². The van der Waals surface area contributed by atoms with Crippen molar-refractivity contribution in [2.24, 2.45) is 0 Å². The van der Waals surface area contributed by atoms with Gasteiger partial charge in [0.05, 0.1) is 5.75 Å². The second kappa shape index (κ2) is 5.05. The highest BCUT2D eigenvalue weighted by molar-refractivity contribution is 8.12. The van der Waals surface area contributed by atoms with Gasteiger partial charge in [-0.3, -0.25) is 0 Å². The first-order valence-electron chi connectivity index (χ1n) is 4.80. The normalized spacial score (nSPS) is 12.6. The molecule has 1 radical (unpaired) electrons. The second-order valence-corrected chi connectivity index (χ2v) is 7.69. The van der Waals surface area contributed by atoms with E-state index in [0.717, 1.165) is 6.26 Å². The maximum absolute atomic E-state index is 11.6. The molecule has 0 aliphatic carbocycles. The van der Waals surface area contributed by atoms with Crippen LogP contribution in [0, 0.1) is 4.77 Å². The third kappa shape index (κ3) is 3.71. The van der Waals surface area contributed by atoms with Crippen LogP contribution in [0.3, 0.4) is 0 Å². The van der Waals surface area contributed by atoms with Gasteiger partial charge in [-0.05, 0) is 12.1 Å². The van der Waals surface area contributed by atoms with Crippen molar-refractivity contribution in [2.75, 3.05) is 12.0 Å².